The minimum atomic E-state index is -0.398. The Morgan fingerprint density at radius 2 is 2.58 bits per heavy atom. The van der Waals surface area contributed by atoms with Crippen LogP contribution in [0.3, 0.4) is 0 Å². The van der Waals surface area contributed by atoms with Gasteiger partial charge in [0.25, 0.3) is 0 Å². The van der Waals surface area contributed by atoms with Crippen molar-refractivity contribution in [3.05, 3.63) is 24.2 Å². The summed E-state index contributed by atoms with van der Waals surface area (Å²) in [5.41, 5.74) is 0. The average molecular weight is 164 g/mol. The lowest BCUT2D eigenvalue weighted by molar-refractivity contribution is 0.0807. The summed E-state index contributed by atoms with van der Waals surface area (Å²) in [4.78, 5) is 12.3. The topological polar surface area (TPSA) is 57.2 Å². The Labute approximate surface area is 70.0 Å². The normalized spacial score (nSPS) is 9.00. The number of nitrogens with zero attached hydrogens (tertiary/aromatic N) is 2. The van der Waals surface area contributed by atoms with Crippen LogP contribution in [0.1, 0.15) is 17.5 Å². The average Bonchev–Trinajstić information content (AvgIpc) is 2.58. The molecule has 0 aliphatic rings. The predicted molar refractivity (Wildman–Crippen MR) is 41.0 cm³/mol. The Bertz CT molecular complexity index is 297. The molecule has 12 heavy (non-hydrogen) atoms. The van der Waals surface area contributed by atoms with Crippen molar-refractivity contribution in [2.24, 2.45) is 0 Å². The van der Waals surface area contributed by atoms with Crippen LogP contribution in [-0.2, 0) is 0 Å². The molecule has 4 heteroatoms. The van der Waals surface area contributed by atoms with Crippen LogP contribution in [0.25, 0.3) is 0 Å². The molecule has 0 aliphatic heterocycles. The molecule has 0 spiro atoms. The minimum Gasteiger partial charge on any atom is -0.459 e. The quantitative estimate of drug-likeness (QED) is 0.487. The highest BCUT2D eigenvalue weighted by Gasteiger charge is 2.15. The van der Waals surface area contributed by atoms with Gasteiger partial charge in [0.1, 0.15) is 0 Å². The molecule has 0 aliphatic carbocycles. The number of furan rings is 1. The maximum Gasteiger partial charge on any atom is 0.302 e. The van der Waals surface area contributed by atoms with Crippen molar-refractivity contribution in [2.75, 3.05) is 6.54 Å². The van der Waals surface area contributed by atoms with Crippen LogP contribution >= 0.6 is 0 Å². The Morgan fingerprint density at radius 3 is 3.00 bits per heavy atom. The second-order valence-electron chi connectivity index (χ2n) is 2.13. The number of nitriles is 1. The number of rotatable bonds is 2. The fraction of sp³-hybridized carbons (Fsp3) is 0.250. The number of carbonyl (C=O) groups is 1. The standard InChI is InChI=1S/C8H8N2O2/c1-2-10(6-9)8(11)7-4-3-5-12-7/h3-5H,2H2,1H3. The van der Waals surface area contributed by atoms with E-state index in [-0.39, 0.29) is 5.76 Å². The third-order valence-electron chi connectivity index (χ3n) is 1.41. The van der Waals surface area contributed by atoms with Crippen LogP contribution in [0.2, 0.25) is 0 Å². The van der Waals surface area contributed by atoms with Crippen LogP contribution in [-0.4, -0.2) is 17.4 Å². The zero-order chi connectivity index (χ0) is 8.97. The van der Waals surface area contributed by atoms with E-state index in [2.05, 4.69) is 0 Å². The lowest BCUT2D eigenvalue weighted by Gasteiger charge is -2.07. The zero-order valence-corrected chi connectivity index (χ0v) is 6.65. The van der Waals surface area contributed by atoms with E-state index in [9.17, 15) is 4.79 Å². The van der Waals surface area contributed by atoms with Gasteiger partial charge in [0.05, 0.1) is 6.26 Å². The molecule has 0 N–H and O–H groups in total. The van der Waals surface area contributed by atoms with Gasteiger partial charge < -0.3 is 4.42 Å². The first-order valence-electron chi connectivity index (χ1n) is 3.54. The maximum absolute atomic E-state index is 11.3. The van der Waals surface area contributed by atoms with Crippen LogP contribution in [0.15, 0.2) is 22.8 Å². The van der Waals surface area contributed by atoms with Gasteiger partial charge in [0, 0.05) is 6.54 Å². The summed E-state index contributed by atoms with van der Waals surface area (Å²) in [6, 6.07) is 3.14. The summed E-state index contributed by atoms with van der Waals surface area (Å²) < 4.78 is 4.84. The molecule has 0 fully saturated rings. The number of amides is 1. The molecule has 0 unspecified atom stereocenters. The van der Waals surface area contributed by atoms with Crippen molar-refractivity contribution >= 4 is 5.91 Å². The molecule has 0 saturated heterocycles. The molecule has 0 bridgehead atoms. The summed E-state index contributed by atoms with van der Waals surface area (Å²) in [5.74, 6) is -0.205. The second kappa shape index (κ2) is 3.58. The van der Waals surface area contributed by atoms with Gasteiger partial charge >= 0.3 is 5.91 Å². The largest absolute Gasteiger partial charge is 0.459 e. The third-order valence-corrected chi connectivity index (χ3v) is 1.41. The summed E-state index contributed by atoms with van der Waals surface area (Å²) in [6.45, 7) is 2.08. The summed E-state index contributed by atoms with van der Waals surface area (Å²) >= 11 is 0. The smallest absolute Gasteiger partial charge is 0.302 e. The van der Waals surface area contributed by atoms with Crippen LogP contribution in [0, 0.1) is 11.5 Å². The monoisotopic (exact) mass is 164 g/mol. The highest BCUT2D eigenvalue weighted by molar-refractivity contribution is 5.92. The Morgan fingerprint density at radius 1 is 1.83 bits per heavy atom. The van der Waals surface area contributed by atoms with E-state index in [0.717, 1.165) is 4.90 Å². The molecule has 0 aromatic carbocycles. The van der Waals surface area contributed by atoms with E-state index >= 15 is 0 Å². The van der Waals surface area contributed by atoms with Crippen LogP contribution in [0.4, 0.5) is 0 Å². The van der Waals surface area contributed by atoms with Gasteiger partial charge in [-0.25, -0.2) is 4.90 Å². The highest BCUT2D eigenvalue weighted by Crippen LogP contribution is 2.03. The van der Waals surface area contributed by atoms with Gasteiger partial charge in [-0.2, -0.15) is 5.26 Å². The fourth-order valence-electron chi connectivity index (χ4n) is 0.793. The number of hydrogen-bond acceptors (Lipinski definition) is 3. The second-order valence-corrected chi connectivity index (χ2v) is 2.13. The van der Waals surface area contributed by atoms with Crippen molar-refractivity contribution in [3.63, 3.8) is 0 Å². The van der Waals surface area contributed by atoms with Gasteiger partial charge in [-0.05, 0) is 19.1 Å². The Balaban J connectivity index is 2.79. The minimum absolute atomic E-state index is 0.193. The summed E-state index contributed by atoms with van der Waals surface area (Å²) in [6.07, 6.45) is 3.16. The van der Waals surface area contributed by atoms with Crippen molar-refractivity contribution in [2.45, 2.75) is 6.92 Å². The van der Waals surface area contributed by atoms with Crippen molar-refractivity contribution in [3.8, 4) is 6.19 Å². The highest BCUT2D eigenvalue weighted by atomic mass is 16.3. The molecule has 0 atom stereocenters. The van der Waals surface area contributed by atoms with Gasteiger partial charge in [-0.1, -0.05) is 0 Å². The van der Waals surface area contributed by atoms with Crippen LogP contribution < -0.4 is 0 Å². The Hall–Kier alpha value is -1.76. The Kier molecular flexibility index (Phi) is 2.49. The first kappa shape index (κ1) is 8.34. The van der Waals surface area contributed by atoms with E-state index in [1.54, 1.807) is 19.2 Å². The molecule has 4 nitrogen and oxygen atoms in total. The molecule has 62 valence electrons. The number of carbonyl (C=O) groups excluding carboxylic acids is 1. The predicted octanol–water partition coefficient (Wildman–Crippen LogP) is 1.22. The molecule has 1 rings (SSSR count). The lowest BCUT2D eigenvalue weighted by Crippen LogP contribution is -2.25. The molecule has 1 heterocycles. The molecule has 1 aromatic rings. The van der Waals surface area contributed by atoms with E-state index < -0.39 is 5.91 Å². The first-order chi connectivity index (χ1) is 5.79. The first-order valence-corrected chi connectivity index (χ1v) is 3.54. The molecular formula is C8H8N2O2. The lowest BCUT2D eigenvalue weighted by atomic mass is 10.4. The third kappa shape index (κ3) is 1.45. The van der Waals surface area contributed by atoms with Crippen molar-refractivity contribution < 1.29 is 9.21 Å². The molecule has 1 amide bonds. The van der Waals surface area contributed by atoms with Gasteiger partial charge in [-0.15, -0.1) is 0 Å². The van der Waals surface area contributed by atoms with Gasteiger partial charge in [0.2, 0.25) is 0 Å². The van der Waals surface area contributed by atoms with Gasteiger partial charge in [-0.3, -0.25) is 4.79 Å². The molecule has 0 radical (unpaired) electrons. The van der Waals surface area contributed by atoms with E-state index in [0.29, 0.717) is 6.54 Å². The van der Waals surface area contributed by atoms with Gasteiger partial charge in [0.15, 0.2) is 12.0 Å². The molecule has 1 aromatic heterocycles. The summed E-state index contributed by atoms with van der Waals surface area (Å²) in [7, 11) is 0. The fourth-order valence-corrected chi connectivity index (χ4v) is 0.793. The molecule has 0 saturated carbocycles. The van der Waals surface area contributed by atoms with Crippen LogP contribution in [0.5, 0.6) is 0 Å². The molecular weight excluding hydrogens is 156 g/mol. The number of hydrogen-bond donors (Lipinski definition) is 0. The van der Waals surface area contributed by atoms with E-state index in [4.69, 9.17) is 9.68 Å². The maximum atomic E-state index is 11.3. The zero-order valence-electron chi connectivity index (χ0n) is 6.65. The van der Waals surface area contributed by atoms with E-state index in [1.807, 2.05) is 0 Å². The SMILES string of the molecule is CCN(C#N)C(=O)c1ccco1. The summed E-state index contributed by atoms with van der Waals surface area (Å²) in [5, 5.41) is 8.51. The van der Waals surface area contributed by atoms with E-state index in [1.165, 1.54) is 12.3 Å². The van der Waals surface area contributed by atoms with Crippen molar-refractivity contribution in [1.82, 2.24) is 4.90 Å². The van der Waals surface area contributed by atoms with Crippen molar-refractivity contribution in [1.29, 1.82) is 5.26 Å².